The van der Waals surface area contributed by atoms with Crippen molar-refractivity contribution in [3.63, 3.8) is 0 Å². The maximum Gasteiger partial charge on any atom is 0.259 e. The van der Waals surface area contributed by atoms with Gasteiger partial charge in [0.05, 0.1) is 17.6 Å². The number of piperidine rings is 1. The summed E-state index contributed by atoms with van der Waals surface area (Å²) in [6.07, 6.45) is 9.25. The summed E-state index contributed by atoms with van der Waals surface area (Å²) in [7, 11) is 0. The molecular formula is C22H17N5O3. The number of anilines is 1. The number of aromatic nitrogens is 3. The fourth-order valence-electron chi connectivity index (χ4n) is 4.84. The molecule has 8 heteroatoms. The molecule has 1 saturated heterocycles. The third-order valence-corrected chi connectivity index (χ3v) is 6.44. The zero-order valence-corrected chi connectivity index (χ0v) is 16.0. The summed E-state index contributed by atoms with van der Waals surface area (Å²) >= 11 is 0. The SMILES string of the molecule is O=C1CCC(N2C(=O)c3cccc4c(C5(c6cncnc6)CC5)ncc2c34)C(=O)N1. The topological polar surface area (TPSA) is 105 Å². The average molecular weight is 399 g/mol. The van der Waals surface area contributed by atoms with Crippen molar-refractivity contribution in [3.05, 3.63) is 59.9 Å². The number of hydrogen-bond donors (Lipinski definition) is 1. The van der Waals surface area contributed by atoms with E-state index in [4.69, 9.17) is 4.98 Å². The minimum absolute atomic E-state index is 0.211. The molecule has 1 atom stereocenters. The lowest BCUT2D eigenvalue weighted by Crippen LogP contribution is -2.53. The Kier molecular flexibility index (Phi) is 3.39. The van der Waals surface area contributed by atoms with E-state index >= 15 is 0 Å². The van der Waals surface area contributed by atoms with Gasteiger partial charge in [0, 0.05) is 46.1 Å². The Bertz CT molecular complexity index is 1250. The van der Waals surface area contributed by atoms with E-state index in [0.29, 0.717) is 17.7 Å². The first-order valence-corrected chi connectivity index (χ1v) is 9.95. The predicted octanol–water partition coefficient (Wildman–Crippen LogP) is 1.87. The summed E-state index contributed by atoms with van der Waals surface area (Å²) in [4.78, 5) is 51.9. The van der Waals surface area contributed by atoms with Gasteiger partial charge in [0.15, 0.2) is 0 Å². The Morgan fingerprint density at radius 2 is 1.87 bits per heavy atom. The molecule has 1 N–H and O–H groups in total. The monoisotopic (exact) mass is 399 g/mol. The smallest absolute Gasteiger partial charge is 0.259 e. The molecule has 1 aliphatic carbocycles. The molecule has 4 heterocycles. The fraction of sp³-hybridized carbons (Fsp3) is 0.273. The van der Waals surface area contributed by atoms with Crippen LogP contribution >= 0.6 is 0 Å². The number of carbonyl (C=O) groups excluding carboxylic acids is 3. The molecule has 3 aromatic rings. The van der Waals surface area contributed by atoms with Crippen molar-refractivity contribution in [1.82, 2.24) is 20.3 Å². The standard InChI is InChI=1S/C22H17N5O3/c28-17-5-4-15(20(29)26-17)27-16-10-25-19(13-2-1-3-14(18(13)16)21(27)30)22(6-7-22)12-8-23-11-24-9-12/h1-3,8-11,15H,4-7H2,(H,26,28,29). The molecule has 30 heavy (non-hydrogen) atoms. The largest absolute Gasteiger partial charge is 0.295 e. The van der Waals surface area contributed by atoms with Crippen LogP contribution in [0.4, 0.5) is 5.69 Å². The molecule has 1 aromatic carbocycles. The van der Waals surface area contributed by atoms with Crippen LogP contribution in [0, 0.1) is 0 Å². The summed E-state index contributed by atoms with van der Waals surface area (Å²) in [5.74, 6) is -0.971. The molecule has 3 aliphatic rings. The zero-order valence-electron chi connectivity index (χ0n) is 16.0. The Morgan fingerprint density at radius 3 is 2.60 bits per heavy atom. The third-order valence-electron chi connectivity index (χ3n) is 6.44. The zero-order chi connectivity index (χ0) is 20.5. The highest BCUT2D eigenvalue weighted by Crippen LogP contribution is 2.55. The molecule has 0 bridgehead atoms. The van der Waals surface area contributed by atoms with E-state index in [1.165, 1.54) is 11.2 Å². The Labute approximate surface area is 171 Å². The van der Waals surface area contributed by atoms with Gasteiger partial charge in [0.1, 0.15) is 12.4 Å². The second-order valence-electron chi connectivity index (χ2n) is 8.07. The molecule has 148 valence electrons. The van der Waals surface area contributed by atoms with Crippen LogP contribution in [0.2, 0.25) is 0 Å². The lowest BCUT2D eigenvalue weighted by molar-refractivity contribution is -0.134. The third kappa shape index (κ3) is 2.21. The van der Waals surface area contributed by atoms with Crippen molar-refractivity contribution in [2.75, 3.05) is 4.90 Å². The summed E-state index contributed by atoms with van der Waals surface area (Å²) in [5.41, 5.74) is 2.88. The van der Waals surface area contributed by atoms with Crippen molar-refractivity contribution in [3.8, 4) is 0 Å². The van der Waals surface area contributed by atoms with E-state index in [1.807, 2.05) is 24.5 Å². The number of hydrogen-bond acceptors (Lipinski definition) is 6. The molecule has 2 aliphatic heterocycles. The van der Waals surface area contributed by atoms with Gasteiger partial charge >= 0.3 is 0 Å². The van der Waals surface area contributed by atoms with Crippen LogP contribution in [0.5, 0.6) is 0 Å². The highest BCUT2D eigenvalue weighted by atomic mass is 16.2. The van der Waals surface area contributed by atoms with Crippen LogP contribution < -0.4 is 10.2 Å². The van der Waals surface area contributed by atoms with E-state index in [-0.39, 0.29) is 23.7 Å². The highest BCUT2D eigenvalue weighted by molar-refractivity contribution is 6.27. The maximum absolute atomic E-state index is 13.3. The van der Waals surface area contributed by atoms with Crippen LogP contribution in [0.3, 0.4) is 0 Å². The lowest BCUT2D eigenvalue weighted by atomic mass is 9.90. The first-order chi connectivity index (χ1) is 14.6. The normalized spacial score (nSPS) is 21.8. The van der Waals surface area contributed by atoms with Gasteiger partial charge in [-0.25, -0.2) is 9.97 Å². The van der Waals surface area contributed by atoms with E-state index in [2.05, 4.69) is 15.3 Å². The van der Waals surface area contributed by atoms with Crippen LogP contribution in [0.15, 0.2) is 43.1 Å². The van der Waals surface area contributed by atoms with Crippen LogP contribution in [-0.2, 0) is 15.0 Å². The van der Waals surface area contributed by atoms with Gasteiger partial charge in [-0.2, -0.15) is 0 Å². The van der Waals surface area contributed by atoms with Crippen molar-refractivity contribution in [2.24, 2.45) is 0 Å². The molecule has 0 spiro atoms. The molecular weight excluding hydrogens is 382 g/mol. The van der Waals surface area contributed by atoms with Gasteiger partial charge in [-0.05, 0) is 25.3 Å². The summed E-state index contributed by atoms with van der Waals surface area (Å²) < 4.78 is 0. The Morgan fingerprint density at radius 1 is 1.07 bits per heavy atom. The molecule has 2 fully saturated rings. The van der Waals surface area contributed by atoms with Crippen molar-refractivity contribution in [2.45, 2.75) is 37.1 Å². The van der Waals surface area contributed by atoms with Gasteiger partial charge in [-0.1, -0.05) is 12.1 Å². The highest BCUT2D eigenvalue weighted by Gasteiger charge is 2.50. The summed E-state index contributed by atoms with van der Waals surface area (Å²) in [6.45, 7) is 0. The Hall–Kier alpha value is -3.68. The number of pyridine rings is 1. The minimum atomic E-state index is -0.712. The predicted molar refractivity (Wildman–Crippen MR) is 107 cm³/mol. The molecule has 1 unspecified atom stereocenters. The minimum Gasteiger partial charge on any atom is -0.295 e. The van der Waals surface area contributed by atoms with E-state index in [1.54, 1.807) is 12.3 Å². The maximum atomic E-state index is 13.3. The van der Waals surface area contributed by atoms with Gasteiger partial charge in [-0.3, -0.25) is 29.6 Å². The molecule has 0 radical (unpaired) electrons. The van der Waals surface area contributed by atoms with Crippen LogP contribution in [0.25, 0.3) is 10.8 Å². The number of amides is 3. The van der Waals surface area contributed by atoms with Gasteiger partial charge in [0.2, 0.25) is 11.8 Å². The number of rotatable bonds is 3. The van der Waals surface area contributed by atoms with Crippen LogP contribution in [0.1, 0.15) is 47.3 Å². The van der Waals surface area contributed by atoms with Gasteiger partial charge < -0.3 is 0 Å². The number of benzene rings is 1. The van der Waals surface area contributed by atoms with Crippen molar-refractivity contribution in [1.29, 1.82) is 0 Å². The van der Waals surface area contributed by atoms with E-state index in [0.717, 1.165) is 34.9 Å². The van der Waals surface area contributed by atoms with E-state index < -0.39 is 11.9 Å². The number of nitrogens with one attached hydrogen (secondary N) is 1. The average Bonchev–Trinajstić information content (AvgIpc) is 3.52. The molecule has 6 rings (SSSR count). The number of nitrogens with zero attached hydrogens (tertiary/aromatic N) is 4. The fourth-order valence-corrected chi connectivity index (χ4v) is 4.84. The lowest BCUT2D eigenvalue weighted by Gasteiger charge is -2.30. The quantitative estimate of drug-likeness (QED) is 0.674. The summed E-state index contributed by atoms with van der Waals surface area (Å²) in [6, 6.07) is 4.91. The molecule has 1 saturated carbocycles. The first kappa shape index (κ1) is 17.2. The second kappa shape index (κ2) is 5.91. The van der Waals surface area contributed by atoms with Gasteiger partial charge in [-0.15, -0.1) is 0 Å². The second-order valence-corrected chi connectivity index (χ2v) is 8.07. The van der Waals surface area contributed by atoms with Crippen molar-refractivity contribution >= 4 is 34.2 Å². The van der Waals surface area contributed by atoms with Crippen molar-refractivity contribution < 1.29 is 14.4 Å². The first-order valence-electron chi connectivity index (χ1n) is 9.95. The van der Waals surface area contributed by atoms with Gasteiger partial charge in [0.25, 0.3) is 5.91 Å². The van der Waals surface area contributed by atoms with Crippen LogP contribution in [-0.4, -0.2) is 38.7 Å². The molecule has 3 amide bonds. The number of carbonyl (C=O) groups is 3. The van der Waals surface area contributed by atoms with E-state index in [9.17, 15) is 14.4 Å². The molecule has 8 nitrogen and oxygen atoms in total. The molecule has 2 aromatic heterocycles. The summed E-state index contributed by atoms with van der Waals surface area (Å²) in [5, 5.41) is 4.08. The Balaban J connectivity index is 1.52. The number of imide groups is 1.